The van der Waals surface area contributed by atoms with Gasteiger partial charge in [0.15, 0.2) is 0 Å². The van der Waals surface area contributed by atoms with Crippen LogP contribution in [0.25, 0.3) is 0 Å². The van der Waals surface area contributed by atoms with Crippen LogP contribution in [0.2, 0.25) is 0 Å². The zero-order chi connectivity index (χ0) is 8.15. The summed E-state index contributed by atoms with van der Waals surface area (Å²) in [6, 6.07) is 0. The summed E-state index contributed by atoms with van der Waals surface area (Å²) < 4.78 is 0. The summed E-state index contributed by atoms with van der Waals surface area (Å²) >= 11 is 5.46. The molecule has 0 aromatic carbocycles. The summed E-state index contributed by atoms with van der Waals surface area (Å²) in [6.07, 6.45) is 1.44. The zero-order valence-corrected chi connectivity index (χ0v) is 6.27. The number of allylic oxidation sites excluding steroid dienone is 2. The van der Waals surface area contributed by atoms with Crippen LogP contribution < -0.4 is 0 Å². The van der Waals surface area contributed by atoms with Gasteiger partial charge in [0.2, 0.25) is 0 Å². The first-order chi connectivity index (χ1) is 4.57. The Morgan fingerprint density at radius 2 is 2.30 bits per heavy atom. The van der Waals surface area contributed by atoms with Gasteiger partial charge >= 0.3 is 5.97 Å². The summed E-state index contributed by atoms with van der Waals surface area (Å²) in [4.78, 5) is 10.1. The van der Waals surface area contributed by atoms with Gasteiger partial charge in [-0.25, -0.2) is 0 Å². The first kappa shape index (κ1) is 9.24. The average Bonchev–Trinajstić information content (AvgIpc) is 1.81. The first-order valence-corrected chi connectivity index (χ1v) is 3.14. The Morgan fingerprint density at radius 3 is 2.40 bits per heavy atom. The van der Waals surface area contributed by atoms with Crippen molar-refractivity contribution in [3.05, 3.63) is 24.3 Å². The molecule has 1 N–H and O–H groups in total. The van der Waals surface area contributed by atoms with Crippen LogP contribution in [0.3, 0.4) is 0 Å². The van der Waals surface area contributed by atoms with Crippen molar-refractivity contribution in [3.8, 4) is 0 Å². The normalized spacial score (nSPS) is 12.1. The van der Waals surface area contributed by atoms with Gasteiger partial charge in [0.25, 0.3) is 0 Å². The average molecular weight is 161 g/mol. The maximum Gasteiger partial charge on any atom is 0.304 e. The van der Waals surface area contributed by atoms with E-state index in [1.54, 1.807) is 0 Å². The van der Waals surface area contributed by atoms with Crippen LogP contribution in [0, 0.1) is 5.92 Å². The van der Waals surface area contributed by atoms with Crippen LogP contribution in [0.4, 0.5) is 0 Å². The fourth-order valence-electron chi connectivity index (χ4n) is 0.510. The summed E-state index contributed by atoms with van der Waals surface area (Å²) in [7, 11) is 0. The minimum absolute atomic E-state index is 0.0359. The lowest BCUT2D eigenvalue weighted by Crippen LogP contribution is -2.04. The molecule has 0 saturated carbocycles. The van der Waals surface area contributed by atoms with E-state index in [9.17, 15) is 4.79 Å². The molecule has 0 amide bonds. The fraction of sp³-hybridized carbons (Fsp3) is 0.286. The van der Waals surface area contributed by atoms with Crippen LogP contribution in [0.5, 0.6) is 0 Å². The van der Waals surface area contributed by atoms with Gasteiger partial charge in [0.05, 0.1) is 6.42 Å². The zero-order valence-electron chi connectivity index (χ0n) is 5.51. The predicted molar refractivity (Wildman–Crippen MR) is 40.9 cm³/mol. The highest BCUT2D eigenvalue weighted by Crippen LogP contribution is 2.17. The molecule has 0 rings (SSSR count). The Labute approximate surface area is 64.8 Å². The van der Waals surface area contributed by atoms with Crippen LogP contribution in [-0.4, -0.2) is 11.1 Å². The van der Waals surface area contributed by atoms with Gasteiger partial charge in [-0.3, -0.25) is 4.79 Å². The number of carbonyl (C=O) groups is 1. The van der Waals surface area contributed by atoms with Crippen molar-refractivity contribution in [1.29, 1.82) is 0 Å². The highest BCUT2D eigenvalue weighted by Gasteiger charge is 2.10. The van der Waals surface area contributed by atoms with Crippen molar-refractivity contribution in [2.45, 2.75) is 6.42 Å². The topological polar surface area (TPSA) is 37.3 Å². The van der Waals surface area contributed by atoms with Gasteiger partial charge in [0.1, 0.15) is 0 Å². The minimum Gasteiger partial charge on any atom is -0.481 e. The SMILES string of the molecule is C=CC(CC(=O)O)C(=C)Cl. The van der Waals surface area contributed by atoms with Gasteiger partial charge in [-0.2, -0.15) is 0 Å². The third kappa shape index (κ3) is 3.30. The maximum absolute atomic E-state index is 10.1. The van der Waals surface area contributed by atoms with Crippen molar-refractivity contribution in [3.63, 3.8) is 0 Å². The van der Waals surface area contributed by atoms with E-state index < -0.39 is 5.97 Å². The lowest BCUT2D eigenvalue weighted by atomic mass is 10.1. The molecule has 0 aliphatic rings. The highest BCUT2D eigenvalue weighted by atomic mass is 35.5. The quantitative estimate of drug-likeness (QED) is 0.639. The smallest absolute Gasteiger partial charge is 0.304 e. The minimum atomic E-state index is -0.897. The Morgan fingerprint density at radius 1 is 1.80 bits per heavy atom. The molecule has 10 heavy (non-hydrogen) atoms. The monoisotopic (exact) mass is 160 g/mol. The van der Waals surface area contributed by atoms with Gasteiger partial charge in [0, 0.05) is 11.0 Å². The van der Waals surface area contributed by atoms with Crippen LogP contribution in [0.15, 0.2) is 24.3 Å². The van der Waals surface area contributed by atoms with Gasteiger partial charge in [-0.05, 0) is 0 Å². The van der Waals surface area contributed by atoms with Crippen LogP contribution >= 0.6 is 11.6 Å². The van der Waals surface area contributed by atoms with E-state index in [1.165, 1.54) is 6.08 Å². The Bertz CT molecular complexity index is 163. The van der Waals surface area contributed by atoms with E-state index in [0.29, 0.717) is 5.03 Å². The van der Waals surface area contributed by atoms with Gasteiger partial charge in [-0.1, -0.05) is 24.3 Å². The van der Waals surface area contributed by atoms with Gasteiger partial charge < -0.3 is 5.11 Å². The number of carboxylic acid groups (broad SMARTS) is 1. The van der Waals surface area contributed by atoms with E-state index in [1.807, 2.05) is 0 Å². The van der Waals surface area contributed by atoms with E-state index in [2.05, 4.69) is 13.2 Å². The second kappa shape index (κ2) is 4.12. The van der Waals surface area contributed by atoms with Crippen LogP contribution in [0.1, 0.15) is 6.42 Å². The van der Waals surface area contributed by atoms with Crippen molar-refractivity contribution >= 4 is 17.6 Å². The summed E-state index contributed by atoms with van der Waals surface area (Å²) in [5.74, 6) is -1.22. The second-order valence-corrected chi connectivity index (χ2v) is 2.37. The molecular formula is C7H9ClO2. The molecule has 0 bridgehead atoms. The molecule has 0 aliphatic carbocycles. The Balaban J connectivity index is 3.96. The molecule has 2 nitrogen and oxygen atoms in total. The van der Waals surface area contributed by atoms with Crippen LogP contribution in [-0.2, 0) is 4.79 Å². The molecule has 0 spiro atoms. The lowest BCUT2D eigenvalue weighted by Gasteiger charge is -2.04. The molecule has 0 saturated heterocycles. The van der Waals surface area contributed by atoms with E-state index in [0.717, 1.165) is 0 Å². The molecule has 0 heterocycles. The van der Waals surface area contributed by atoms with Crippen molar-refractivity contribution in [2.24, 2.45) is 5.92 Å². The van der Waals surface area contributed by atoms with E-state index in [4.69, 9.17) is 16.7 Å². The number of rotatable bonds is 4. The fourth-order valence-corrected chi connectivity index (χ4v) is 0.676. The van der Waals surface area contributed by atoms with E-state index >= 15 is 0 Å². The number of hydrogen-bond donors (Lipinski definition) is 1. The molecule has 0 radical (unpaired) electrons. The molecule has 0 fully saturated rings. The predicted octanol–water partition coefficient (Wildman–Crippen LogP) is 2.02. The van der Waals surface area contributed by atoms with E-state index in [-0.39, 0.29) is 12.3 Å². The first-order valence-electron chi connectivity index (χ1n) is 2.76. The number of aliphatic carboxylic acids is 1. The molecule has 0 aromatic rings. The molecule has 1 atom stereocenters. The second-order valence-electron chi connectivity index (χ2n) is 1.89. The summed E-state index contributed by atoms with van der Waals surface area (Å²) in [5.41, 5.74) is 0. The summed E-state index contributed by atoms with van der Waals surface area (Å²) in [5, 5.41) is 8.63. The Hall–Kier alpha value is -0.760. The molecule has 1 unspecified atom stereocenters. The number of carboxylic acids is 1. The third-order valence-electron chi connectivity index (χ3n) is 1.08. The third-order valence-corrected chi connectivity index (χ3v) is 1.36. The number of halogens is 1. The largest absolute Gasteiger partial charge is 0.481 e. The molecule has 0 aromatic heterocycles. The highest BCUT2D eigenvalue weighted by molar-refractivity contribution is 6.29. The molecule has 0 aliphatic heterocycles. The number of hydrogen-bond acceptors (Lipinski definition) is 1. The lowest BCUT2D eigenvalue weighted by molar-refractivity contribution is -0.137. The maximum atomic E-state index is 10.1. The van der Waals surface area contributed by atoms with Crippen molar-refractivity contribution in [1.82, 2.24) is 0 Å². The standard InChI is InChI=1S/C7H9ClO2/c1-3-6(5(2)8)4-7(9)10/h3,6H,1-2,4H2,(H,9,10). The molecular weight excluding hydrogens is 152 g/mol. The summed E-state index contributed by atoms with van der Waals surface area (Å²) in [6.45, 7) is 6.84. The Kier molecular flexibility index (Phi) is 3.81. The molecule has 3 heteroatoms. The van der Waals surface area contributed by atoms with Crippen molar-refractivity contribution < 1.29 is 9.90 Å². The van der Waals surface area contributed by atoms with Crippen molar-refractivity contribution in [2.75, 3.05) is 0 Å². The van der Waals surface area contributed by atoms with Gasteiger partial charge in [-0.15, -0.1) is 6.58 Å². The molecule has 56 valence electrons.